The van der Waals surface area contributed by atoms with Crippen LogP contribution in [0.3, 0.4) is 0 Å². The van der Waals surface area contributed by atoms with Gasteiger partial charge in [0.05, 0.1) is 20.6 Å². The summed E-state index contributed by atoms with van der Waals surface area (Å²) in [6, 6.07) is 14.9. The third-order valence-electron chi connectivity index (χ3n) is 5.30. The van der Waals surface area contributed by atoms with Crippen LogP contribution in [0.15, 0.2) is 58.4 Å². The fraction of sp³-hybridized carbons (Fsp3) is 0.200. The van der Waals surface area contributed by atoms with Gasteiger partial charge in [0.1, 0.15) is 0 Å². The van der Waals surface area contributed by atoms with Gasteiger partial charge >= 0.3 is 0 Å². The highest BCUT2D eigenvalue weighted by atomic mass is 35.5. The monoisotopic (exact) mass is 517 g/mol. The van der Waals surface area contributed by atoms with Crippen molar-refractivity contribution in [2.75, 3.05) is 6.54 Å². The lowest BCUT2D eigenvalue weighted by Crippen LogP contribution is -2.29. The molecule has 170 valence electrons. The van der Waals surface area contributed by atoms with Gasteiger partial charge in [-0.3, -0.25) is 9.69 Å². The van der Waals surface area contributed by atoms with Crippen molar-refractivity contribution in [2.45, 2.75) is 27.2 Å². The van der Waals surface area contributed by atoms with E-state index in [1.807, 2.05) is 51.1 Å². The summed E-state index contributed by atoms with van der Waals surface area (Å²) in [5.41, 5.74) is 4.70. The van der Waals surface area contributed by atoms with Gasteiger partial charge in [-0.15, -0.1) is 0 Å². The second kappa shape index (κ2) is 9.98. The van der Waals surface area contributed by atoms with Gasteiger partial charge in [-0.05, 0) is 92.2 Å². The normalized spacial score (nSPS) is 16.4. The Bertz CT molecular complexity index is 1280. The van der Waals surface area contributed by atoms with Crippen molar-refractivity contribution in [1.82, 2.24) is 9.47 Å². The zero-order chi connectivity index (χ0) is 23.7. The molecule has 0 radical (unpaired) electrons. The molecule has 4 nitrogen and oxygen atoms in total. The maximum Gasteiger partial charge on any atom is 0.266 e. The number of carbonyl (C=O) groups excluding carboxylic acids is 1. The average molecular weight is 519 g/mol. The first-order valence-electron chi connectivity index (χ1n) is 10.5. The highest BCUT2D eigenvalue weighted by molar-refractivity contribution is 8.18. The SMILES string of the molecule is CCCN1C(=O)/C(=C/c2cc(C)n(-c3ccc(Cl)c(Cl)c3)c2C)SC1=Nc1ccc(Cl)cc1. The Hall–Kier alpha value is -2.18. The number of aromatic nitrogens is 1. The molecule has 0 aliphatic carbocycles. The molecule has 33 heavy (non-hydrogen) atoms. The number of nitrogens with zero attached hydrogens (tertiary/aromatic N) is 3. The van der Waals surface area contributed by atoms with E-state index in [-0.39, 0.29) is 5.91 Å². The van der Waals surface area contributed by atoms with E-state index in [2.05, 4.69) is 10.6 Å². The van der Waals surface area contributed by atoms with Crippen LogP contribution in [0.1, 0.15) is 30.3 Å². The Kier molecular flexibility index (Phi) is 7.25. The molecule has 0 saturated carbocycles. The van der Waals surface area contributed by atoms with Gasteiger partial charge < -0.3 is 4.57 Å². The highest BCUT2D eigenvalue weighted by Crippen LogP contribution is 2.36. The predicted molar refractivity (Wildman–Crippen MR) is 141 cm³/mol. The minimum absolute atomic E-state index is 0.0334. The van der Waals surface area contributed by atoms with E-state index in [1.165, 1.54) is 11.8 Å². The summed E-state index contributed by atoms with van der Waals surface area (Å²) in [7, 11) is 0. The molecule has 0 spiro atoms. The van der Waals surface area contributed by atoms with Crippen LogP contribution in [0.4, 0.5) is 5.69 Å². The first-order chi connectivity index (χ1) is 15.8. The van der Waals surface area contributed by atoms with E-state index < -0.39 is 0 Å². The number of aryl methyl sites for hydroxylation is 1. The van der Waals surface area contributed by atoms with Gasteiger partial charge in [0, 0.05) is 28.6 Å². The number of halogens is 3. The standard InChI is InChI=1S/C25H22Cl3N3OS/c1-4-11-30-24(32)23(33-25(30)29-19-7-5-18(26)6-8-19)13-17-12-15(2)31(16(17)3)20-9-10-21(27)22(28)14-20/h5-10,12-14H,4,11H2,1-3H3/b23-13-,29-25?. The minimum Gasteiger partial charge on any atom is -0.318 e. The van der Waals surface area contributed by atoms with Crippen LogP contribution in [-0.4, -0.2) is 27.1 Å². The van der Waals surface area contributed by atoms with Gasteiger partial charge in [-0.2, -0.15) is 0 Å². The summed E-state index contributed by atoms with van der Waals surface area (Å²) < 4.78 is 2.10. The molecule has 2 heterocycles. The average Bonchev–Trinajstić information content (AvgIpc) is 3.22. The molecule has 1 aliphatic rings. The Morgan fingerprint density at radius 1 is 1.00 bits per heavy atom. The molecule has 1 fully saturated rings. The molecule has 1 aromatic heterocycles. The van der Waals surface area contributed by atoms with Crippen molar-refractivity contribution in [3.8, 4) is 5.69 Å². The highest BCUT2D eigenvalue weighted by Gasteiger charge is 2.33. The van der Waals surface area contributed by atoms with E-state index in [4.69, 9.17) is 39.8 Å². The second-order valence-corrected chi connectivity index (χ2v) is 9.96. The molecular formula is C25H22Cl3N3OS. The molecule has 0 bridgehead atoms. The fourth-order valence-electron chi connectivity index (χ4n) is 3.73. The van der Waals surface area contributed by atoms with Crippen LogP contribution in [-0.2, 0) is 4.79 Å². The first kappa shape index (κ1) is 24.0. The number of rotatable bonds is 5. The molecule has 2 aromatic carbocycles. The van der Waals surface area contributed by atoms with Crippen LogP contribution in [0.2, 0.25) is 15.1 Å². The number of amides is 1. The number of benzene rings is 2. The summed E-state index contributed by atoms with van der Waals surface area (Å²) in [6.45, 7) is 6.71. The lowest BCUT2D eigenvalue weighted by molar-refractivity contribution is -0.122. The molecule has 1 saturated heterocycles. The molecule has 4 rings (SSSR count). The van der Waals surface area contributed by atoms with Gasteiger partial charge in [0.25, 0.3) is 5.91 Å². The van der Waals surface area contributed by atoms with E-state index in [0.717, 1.165) is 34.7 Å². The fourth-order valence-corrected chi connectivity index (χ4v) is 5.17. The van der Waals surface area contributed by atoms with Gasteiger partial charge in [-0.1, -0.05) is 41.7 Å². The topological polar surface area (TPSA) is 37.6 Å². The first-order valence-corrected chi connectivity index (χ1v) is 12.4. The van der Waals surface area contributed by atoms with Gasteiger partial charge in [0.15, 0.2) is 5.17 Å². The van der Waals surface area contributed by atoms with Crippen LogP contribution in [0.5, 0.6) is 0 Å². The number of thioether (sulfide) groups is 1. The van der Waals surface area contributed by atoms with Crippen molar-refractivity contribution in [3.05, 3.63) is 85.5 Å². The Morgan fingerprint density at radius 3 is 2.39 bits per heavy atom. The molecule has 1 amide bonds. The van der Waals surface area contributed by atoms with Crippen molar-refractivity contribution in [2.24, 2.45) is 4.99 Å². The maximum absolute atomic E-state index is 13.2. The van der Waals surface area contributed by atoms with E-state index in [9.17, 15) is 4.79 Å². The molecule has 0 N–H and O–H groups in total. The number of hydrogen-bond acceptors (Lipinski definition) is 3. The maximum atomic E-state index is 13.2. The summed E-state index contributed by atoms with van der Waals surface area (Å²) in [5, 5.41) is 2.34. The molecule has 0 atom stereocenters. The summed E-state index contributed by atoms with van der Waals surface area (Å²) in [4.78, 5) is 20.3. The number of carbonyl (C=O) groups is 1. The van der Waals surface area contributed by atoms with Crippen molar-refractivity contribution >= 4 is 69.4 Å². The Labute approximate surface area is 212 Å². The van der Waals surface area contributed by atoms with E-state index >= 15 is 0 Å². The van der Waals surface area contributed by atoms with Gasteiger partial charge in [-0.25, -0.2) is 4.99 Å². The number of amidine groups is 1. The zero-order valence-electron chi connectivity index (χ0n) is 18.4. The van der Waals surface area contributed by atoms with Crippen LogP contribution in [0, 0.1) is 13.8 Å². The second-order valence-electron chi connectivity index (χ2n) is 7.70. The smallest absolute Gasteiger partial charge is 0.266 e. The summed E-state index contributed by atoms with van der Waals surface area (Å²) >= 11 is 19.7. The lowest BCUT2D eigenvalue weighted by Gasteiger charge is -2.13. The Balaban J connectivity index is 1.71. The third kappa shape index (κ3) is 5.02. The lowest BCUT2D eigenvalue weighted by atomic mass is 10.2. The Morgan fingerprint density at radius 2 is 1.73 bits per heavy atom. The third-order valence-corrected chi connectivity index (χ3v) is 7.30. The molecule has 8 heteroatoms. The van der Waals surface area contributed by atoms with Crippen LogP contribution in [0.25, 0.3) is 11.8 Å². The van der Waals surface area contributed by atoms with Crippen LogP contribution >= 0.6 is 46.6 Å². The molecule has 0 unspecified atom stereocenters. The zero-order valence-corrected chi connectivity index (χ0v) is 21.5. The van der Waals surface area contributed by atoms with E-state index in [1.54, 1.807) is 23.1 Å². The summed E-state index contributed by atoms with van der Waals surface area (Å²) in [5.74, 6) is -0.0334. The number of hydrogen-bond donors (Lipinski definition) is 0. The number of aliphatic imine (C=N–C) groups is 1. The largest absolute Gasteiger partial charge is 0.318 e. The van der Waals surface area contributed by atoms with Crippen LogP contribution < -0.4 is 0 Å². The van der Waals surface area contributed by atoms with Crippen molar-refractivity contribution in [1.29, 1.82) is 0 Å². The quantitative estimate of drug-likeness (QED) is 0.320. The summed E-state index contributed by atoms with van der Waals surface area (Å²) in [6.07, 6.45) is 2.78. The van der Waals surface area contributed by atoms with Crippen molar-refractivity contribution < 1.29 is 4.79 Å². The predicted octanol–water partition coefficient (Wildman–Crippen LogP) is 8.07. The van der Waals surface area contributed by atoms with Crippen molar-refractivity contribution in [3.63, 3.8) is 0 Å². The molecule has 3 aromatic rings. The molecular weight excluding hydrogens is 497 g/mol. The van der Waals surface area contributed by atoms with Gasteiger partial charge in [0.2, 0.25) is 0 Å². The molecule has 1 aliphatic heterocycles. The minimum atomic E-state index is -0.0334. The van der Waals surface area contributed by atoms with E-state index in [0.29, 0.717) is 31.7 Å².